The van der Waals surface area contributed by atoms with Crippen LogP contribution in [0.3, 0.4) is 0 Å². The first kappa shape index (κ1) is 29.1. The monoisotopic (exact) mass is 603 g/mol. The third-order valence-electron chi connectivity index (χ3n) is 5.71. The zero-order valence-electron chi connectivity index (χ0n) is 21.2. The Labute approximate surface area is 233 Å². The SMILES string of the molecule is CC(C)(C)OC(=O)N(c1cscn1)S(=O)(=O)c1cc(Cl)c(OCc2c(F)ccc(F)c2CN2CCC2)cc1F. The van der Waals surface area contributed by atoms with Crippen molar-refractivity contribution in [3.63, 3.8) is 0 Å². The largest absolute Gasteiger partial charge is 0.487 e. The van der Waals surface area contributed by atoms with Crippen LogP contribution in [0.4, 0.5) is 23.8 Å². The van der Waals surface area contributed by atoms with Crippen LogP contribution in [0.2, 0.25) is 5.02 Å². The van der Waals surface area contributed by atoms with E-state index in [0.717, 1.165) is 49.0 Å². The fourth-order valence-corrected chi connectivity index (χ4v) is 5.93. The molecule has 2 heterocycles. The van der Waals surface area contributed by atoms with E-state index < -0.39 is 50.7 Å². The van der Waals surface area contributed by atoms with Crippen molar-refractivity contribution in [3.8, 4) is 5.75 Å². The van der Waals surface area contributed by atoms with Crippen molar-refractivity contribution in [1.82, 2.24) is 9.88 Å². The summed E-state index contributed by atoms with van der Waals surface area (Å²) in [6.07, 6.45) is -0.332. The minimum absolute atomic E-state index is 0.0605. The van der Waals surface area contributed by atoms with Crippen molar-refractivity contribution in [2.45, 2.75) is 50.8 Å². The van der Waals surface area contributed by atoms with E-state index in [0.29, 0.717) is 6.07 Å². The fourth-order valence-electron chi connectivity index (χ4n) is 3.72. The van der Waals surface area contributed by atoms with Crippen LogP contribution in [0, 0.1) is 17.5 Å². The summed E-state index contributed by atoms with van der Waals surface area (Å²) in [5.74, 6) is -3.20. The Balaban J connectivity index is 1.63. The molecule has 8 nitrogen and oxygen atoms in total. The molecule has 3 aromatic rings. The third-order valence-corrected chi connectivity index (χ3v) is 8.27. The maximum atomic E-state index is 15.2. The highest BCUT2D eigenvalue weighted by atomic mass is 35.5. The van der Waals surface area contributed by atoms with Crippen molar-refractivity contribution in [2.75, 3.05) is 17.4 Å². The van der Waals surface area contributed by atoms with E-state index in [1.807, 2.05) is 4.90 Å². The summed E-state index contributed by atoms with van der Waals surface area (Å²) in [7, 11) is -4.89. The number of likely N-dealkylation sites (tertiary alicyclic amines) is 1. The molecule has 1 aliphatic heterocycles. The van der Waals surface area contributed by atoms with Gasteiger partial charge in [0.05, 0.1) is 10.5 Å². The van der Waals surface area contributed by atoms with E-state index in [4.69, 9.17) is 21.1 Å². The number of carbonyl (C=O) groups excluding carboxylic acids is 1. The number of carbonyl (C=O) groups is 1. The topological polar surface area (TPSA) is 89.0 Å². The lowest BCUT2D eigenvalue weighted by Gasteiger charge is -2.31. The summed E-state index contributed by atoms with van der Waals surface area (Å²) < 4.78 is 82.2. The van der Waals surface area contributed by atoms with Gasteiger partial charge in [-0.15, -0.1) is 15.6 Å². The molecule has 0 unspecified atom stereocenters. The smallest absolute Gasteiger partial charge is 0.430 e. The number of aromatic nitrogens is 1. The molecule has 39 heavy (non-hydrogen) atoms. The summed E-state index contributed by atoms with van der Waals surface area (Å²) in [4.78, 5) is 17.7. The summed E-state index contributed by atoms with van der Waals surface area (Å²) in [5.41, 5.74) is 0.288. The van der Waals surface area contributed by atoms with Gasteiger partial charge in [0.1, 0.15) is 40.3 Å². The molecule has 0 spiro atoms. The second-order valence-corrected chi connectivity index (χ2v) is 12.6. The Hall–Kier alpha value is -2.87. The lowest BCUT2D eigenvalue weighted by atomic mass is 10.0. The predicted molar refractivity (Wildman–Crippen MR) is 140 cm³/mol. The van der Waals surface area contributed by atoms with E-state index in [-0.39, 0.29) is 38.6 Å². The van der Waals surface area contributed by atoms with Crippen LogP contribution in [0.5, 0.6) is 5.75 Å². The number of benzene rings is 2. The molecule has 0 atom stereocenters. The normalized spacial score (nSPS) is 14.1. The van der Waals surface area contributed by atoms with Crippen LogP contribution in [-0.4, -0.2) is 43.1 Å². The molecule has 1 amide bonds. The first-order valence-corrected chi connectivity index (χ1v) is 14.5. The molecule has 2 aromatic carbocycles. The molecule has 0 bridgehead atoms. The molecule has 0 radical (unpaired) electrons. The second-order valence-electron chi connectivity index (χ2n) is 9.71. The van der Waals surface area contributed by atoms with E-state index in [1.165, 1.54) is 31.7 Å². The highest BCUT2D eigenvalue weighted by Crippen LogP contribution is 2.34. The van der Waals surface area contributed by atoms with Crippen LogP contribution in [-0.2, 0) is 27.9 Å². The molecule has 210 valence electrons. The van der Waals surface area contributed by atoms with Crippen molar-refractivity contribution in [3.05, 3.63) is 68.8 Å². The molecule has 14 heteroatoms. The Morgan fingerprint density at radius 2 is 1.79 bits per heavy atom. The number of anilines is 1. The minimum atomic E-state index is -4.89. The molecule has 0 saturated carbocycles. The quantitative estimate of drug-likeness (QED) is 0.306. The number of ether oxygens (including phenoxy) is 2. The highest BCUT2D eigenvalue weighted by Gasteiger charge is 2.38. The van der Waals surface area contributed by atoms with Crippen LogP contribution in [0.15, 0.2) is 40.1 Å². The first-order valence-electron chi connectivity index (χ1n) is 11.7. The lowest BCUT2D eigenvalue weighted by Crippen LogP contribution is -2.41. The van der Waals surface area contributed by atoms with E-state index in [9.17, 15) is 22.0 Å². The first-order chi connectivity index (χ1) is 18.3. The van der Waals surface area contributed by atoms with Gasteiger partial charge in [-0.05, 0) is 58.5 Å². The number of halogens is 4. The van der Waals surface area contributed by atoms with Gasteiger partial charge in [0.15, 0.2) is 5.82 Å². The van der Waals surface area contributed by atoms with Crippen LogP contribution < -0.4 is 9.04 Å². The van der Waals surface area contributed by atoms with Crippen molar-refractivity contribution in [1.29, 1.82) is 0 Å². The summed E-state index contributed by atoms with van der Waals surface area (Å²) in [6, 6.07) is 3.47. The second kappa shape index (κ2) is 11.3. The Bertz CT molecular complexity index is 1480. The average molecular weight is 604 g/mol. The number of sulfonamides is 1. The number of nitrogens with zero attached hydrogens (tertiary/aromatic N) is 3. The van der Waals surface area contributed by atoms with Gasteiger partial charge in [0.2, 0.25) is 0 Å². The summed E-state index contributed by atoms with van der Waals surface area (Å²) in [6.45, 7) is 5.82. The van der Waals surface area contributed by atoms with Gasteiger partial charge in [-0.2, -0.15) is 0 Å². The van der Waals surface area contributed by atoms with Gasteiger partial charge in [-0.1, -0.05) is 11.6 Å². The fraction of sp³-hybridized carbons (Fsp3) is 0.360. The minimum Gasteiger partial charge on any atom is -0.487 e. The third kappa shape index (κ3) is 6.48. The Morgan fingerprint density at radius 3 is 2.36 bits per heavy atom. The summed E-state index contributed by atoms with van der Waals surface area (Å²) >= 11 is 7.25. The van der Waals surface area contributed by atoms with E-state index in [1.54, 1.807) is 0 Å². The van der Waals surface area contributed by atoms with Crippen molar-refractivity contribution in [2.24, 2.45) is 0 Å². The number of thiazole rings is 1. The molecule has 0 N–H and O–H groups in total. The molecule has 1 aliphatic rings. The lowest BCUT2D eigenvalue weighted by molar-refractivity contribution is 0.0608. The maximum Gasteiger partial charge on any atom is 0.430 e. The van der Waals surface area contributed by atoms with Gasteiger partial charge in [-0.3, -0.25) is 4.90 Å². The molecular weight excluding hydrogens is 579 g/mol. The molecule has 4 rings (SSSR count). The van der Waals surface area contributed by atoms with Crippen LogP contribution >= 0.6 is 22.9 Å². The molecular formula is C25H25ClF3N3O5S2. The van der Waals surface area contributed by atoms with Gasteiger partial charge >= 0.3 is 6.09 Å². The van der Waals surface area contributed by atoms with Gasteiger partial charge < -0.3 is 9.47 Å². The number of rotatable bonds is 8. The highest BCUT2D eigenvalue weighted by molar-refractivity contribution is 7.93. The molecule has 1 aromatic heterocycles. The molecule has 1 fully saturated rings. The zero-order valence-corrected chi connectivity index (χ0v) is 23.6. The van der Waals surface area contributed by atoms with Gasteiger partial charge in [0, 0.05) is 29.1 Å². The standard InChI is InChI=1S/C25H25ClF3N3O5S2/c1-25(2,3)37-24(33)32(23-13-38-14-30-23)39(34,35)22-9-17(26)21(10-20(22)29)36-12-16-15(11-31-7-4-8-31)18(27)5-6-19(16)28/h5-6,9-10,13-14H,4,7-8,11-12H2,1-3H3. The van der Waals surface area contributed by atoms with Crippen molar-refractivity contribution < 1.29 is 35.9 Å². The van der Waals surface area contributed by atoms with Crippen molar-refractivity contribution >= 4 is 44.9 Å². The summed E-state index contributed by atoms with van der Waals surface area (Å²) in [5, 5.41) is 0.947. The number of hydrogen-bond acceptors (Lipinski definition) is 8. The predicted octanol–water partition coefficient (Wildman–Crippen LogP) is 6.13. The van der Waals surface area contributed by atoms with Crippen LogP contribution in [0.1, 0.15) is 38.3 Å². The average Bonchev–Trinajstić information content (AvgIpc) is 3.31. The van der Waals surface area contributed by atoms with E-state index in [2.05, 4.69) is 4.98 Å². The van der Waals surface area contributed by atoms with Gasteiger partial charge in [-0.25, -0.2) is 31.4 Å². The van der Waals surface area contributed by atoms with Gasteiger partial charge in [0.25, 0.3) is 10.0 Å². The maximum absolute atomic E-state index is 15.2. The molecule has 0 aliphatic carbocycles. The Morgan fingerprint density at radius 1 is 1.13 bits per heavy atom. The number of hydrogen-bond donors (Lipinski definition) is 0. The van der Waals surface area contributed by atoms with E-state index >= 15 is 4.39 Å². The van der Waals surface area contributed by atoms with Crippen LogP contribution in [0.25, 0.3) is 0 Å². The number of amides is 1. The zero-order chi connectivity index (χ0) is 28.5. The molecule has 1 saturated heterocycles. The Kier molecular flexibility index (Phi) is 8.45.